The Morgan fingerprint density at radius 1 is 1.15 bits per heavy atom. The van der Waals surface area contributed by atoms with Gasteiger partial charge in [-0.1, -0.05) is 34.1 Å². The van der Waals surface area contributed by atoms with E-state index in [-0.39, 0.29) is 5.92 Å². The van der Waals surface area contributed by atoms with Crippen LogP contribution in [-0.2, 0) is 4.79 Å². The first-order valence-electron chi connectivity index (χ1n) is 5.20. The van der Waals surface area contributed by atoms with Crippen molar-refractivity contribution >= 4 is 5.97 Å². The van der Waals surface area contributed by atoms with Gasteiger partial charge in [-0.2, -0.15) is 0 Å². The number of hydrogen-bond acceptors (Lipinski definition) is 1. The van der Waals surface area contributed by atoms with Crippen LogP contribution in [0.2, 0.25) is 0 Å². The normalized spacial score (nSPS) is 17.8. The summed E-state index contributed by atoms with van der Waals surface area (Å²) in [6, 6.07) is 0. The second kappa shape index (κ2) is 6.01. The van der Waals surface area contributed by atoms with E-state index in [0.717, 1.165) is 18.8 Å². The lowest BCUT2D eigenvalue weighted by Gasteiger charge is -2.17. The van der Waals surface area contributed by atoms with Crippen molar-refractivity contribution in [2.24, 2.45) is 17.8 Å². The molecule has 0 heterocycles. The van der Waals surface area contributed by atoms with E-state index in [4.69, 9.17) is 5.11 Å². The molecule has 13 heavy (non-hydrogen) atoms. The summed E-state index contributed by atoms with van der Waals surface area (Å²) in [5.74, 6) is 0.382. The highest BCUT2D eigenvalue weighted by atomic mass is 16.4. The highest BCUT2D eigenvalue weighted by Crippen LogP contribution is 2.21. The summed E-state index contributed by atoms with van der Waals surface area (Å²) in [5, 5.41) is 8.72. The predicted octanol–water partition coefficient (Wildman–Crippen LogP) is 3.17. The minimum absolute atomic E-state index is 0.195. The smallest absolute Gasteiger partial charge is 0.306 e. The van der Waals surface area contributed by atoms with E-state index in [1.807, 2.05) is 0 Å². The van der Waals surface area contributed by atoms with Crippen molar-refractivity contribution in [3.8, 4) is 0 Å². The molecule has 2 nitrogen and oxygen atoms in total. The molecule has 0 rings (SSSR count). The monoisotopic (exact) mass is 186 g/mol. The van der Waals surface area contributed by atoms with Gasteiger partial charge in [0, 0.05) is 0 Å². The molecule has 0 unspecified atom stereocenters. The van der Waals surface area contributed by atoms with E-state index < -0.39 is 5.97 Å². The number of hydrogen-bond donors (Lipinski definition) is 1. The van der Waals surface area contributed by atoms with E-state index in [0.29, 0.717) is 5.92 Å². The van der Waals surface area contributed by atoms with Crippen LogP contribution in [-0.4, -0.2) is 11.1 Å². The molecular formula is C11H22O2. The van der Waals surface area contributed by atoms with Gasteiger partial charge < -0.3 is 5.11 Å². The Labute approximate surface area is 81.3 Å². The van der Waals surface area contributed by atoms with E-state index in [2.05, 4.69) is 20.8 Å². The van der Waals surface area contributed by atoms with Crippen LogP contribution in [0.15, 0.2) is 0 Å². The summed E-state index contributed by atoms with van der Waals surface area (Å²) < 4.78 is 0. The molecule has 0 aromatic heterocycles. The van der Waals surface area contributed by atoms with Gasteiger partial charge in [0.15, 0.2) is 0 Å². The van der Waals surface area contributed by atoms with Crippen LogP contribution in [0, 0.1) is 17.8 Å². The van der Waals surface area contributed by atoms with Crippen molar-refractivity contribution in [3.63, 3.8) is 0 Å². The molecule has 0 saturated carbocycles. The van der Waals surface area contributed by atoms with E-state index >= 15 is 0 Å². The number of carbonyl (C=O) groups is 1. The van der Waals surface area contributed by atoms with Crippen molar-refractivity contribution in [2.75, 3.05) is 0 Å². The highest BCUT2D eigenvalue weighted by Gasteiger charge is 2.16. The zero-order chi connectivity index (χ0) is 10.4. The average molecular weight is 186 g/mol. The molecule has 1 N–H and O–H groups in total. The lowest BCUT2D eigenvalue weighted by molar-refractivity contribution is -0.141. The molecule has 0 saturated heterocycles. The number of carboxylic acids is 1. The van der Waals surface area contributed by atoms with Crippen LogP contribution >= 0.6 is 0 Å². The summed E-state index contributed by atoms with van der Waals surface area (Å²) in [4.78, 5) is 10.6. The van der Waals surface area contributed by atoms with Crippen molar-refractivity contribution in [2.45, 2.75) is 47.0 Å². The van der Waals surface area contributed by atoms with Crippen molar-refractivity contribution in [1.29, 1.82) is 0 Å². The zero-order valence-electron chi connectivity index (χ0n) is 9.21. The van der Waals surface area contributed by atoms with Crippen LogP contribution in [0.5, 0.6) is 0 Å². The molecule has 0 aliphatic carbocycles. The maximum absolute atomic E-state index is 10.6. The molecule has 3 atom stereocenters. The highest BCUT2D eigenvalue weighted by molar-refractivity contribution is 5.69. The first-order chi connectivity index (χ1) is 5.97. The fraction of sp³-hybridized carbons (Fsp3) is 0.909. The van der Waals surface area contributed by atoms with Crippen LogP contribution in [0.3, 0.4) is 0 Å². The molecule has 78 valence electrons. The van der Waals surface area contributed by atoms with Gasteiger partial charge in [-0.05, 0) is 24.7 Å². The Hall–Kier alpha value is -0.530. The Bertz CT molecular complexity index is 154. The van der Waals surface area contributed by atoms with Crippen molar-refractivity contribution in [1.82, 2.24) is 0 Å². The second-order valence-electron chi connectivity index (χ2n) is 4.33. The Morgan fingerprint density at radius 2 is 1.69 bits per heavy atom. The van der Waals surface area contributed by atoms with Gasteiger partial charge in [-0.25, -0.2) is 0 Å². The summed E-state index contributed by atoms with van der Waals surface area (Å²) >= 11 is 0. The van der Waals surface area contributed by atoms with Crippen LogP contribution in [0.1, 0.15) is 47.0 Å². The standard InChI is InChI=1S/C11H22O2/c1-5-8(2)6-9(3)7-10(4)11(12)13/h8-10H,5-7H2,1-4H3,(H,12,13)/t8-,9+,10-/m0/s1. The molecule has 0 bridgehead atoms. The molecule has 0 radical (unpaired) electrons. The molecule has 0 aromatic carbocycles. The number of rotatable bonds is 6. The van der Waals surface area contributed by atoms with Gasteiger partial charge in [0.25, 0.3) is 0 Å². The van der Waals surface area contributed by atoms with Gasteiger partial charge in [-0.15, -0.1) is 0 Å². The molecular weight excluding hydrogens is 164 g/mol. The molecule has 0 aliphatic rings. The predicted molar refractivity (Wildman–Crippen MR) is 54.7 cm³/mol. The van der Waals surface area contributed by atoms with Gasteiger partial charge in [0.2, 0.25) is 0 Å². The Kier molecular flexibility index (Phi) is 5.76. The van der Waals surface area contributed by atoms with Crippen molar-refractivity contribution in [3.05, 3.63) is 0 Å². The number of carboxylic acid groups (broad SMARTS) is 1. The lowest BCUT2D eigenvalue weighted by atomic mass is 9.89. The number of aliphatic carboxylic acids is 1. The van der Waals surface area contributed by atoms with Gasteiger partial charge in [0.05, 0.1) is 5.92 Å². The largest absolute Gasteiger partial charge is 0.481 e. The topological polar surface area (TPSA) is 37.3 Å². The lowest BCUT2D eigenvalue weighted by Crippen LogP contribution is -2.14. The minimum Gasteiger partial charge on any atom is -0.481 e. The maximum Gasteiger partial charge on any atom is 0.306 e. The third-order valence-corrected chi connectivity index (χ3v) is 2.68. The molecule has 2 heteroatoms. The van der Waals surface area contributed by atoms with Crippen LogP contribution in [0.4, 0.5) is 0 Å². The summed E-state index contributed by atoms with van der Waals surface area (Å²) in [6.07, 6.45) is 3.14. The first kappa shape index (κ1) is 12.5. The van der Waals surface area contributed by atoms with Crippen LogP contribution in [0.25, 0.3) is 0 Å². The Balaban J connectivity index is 3.73. The quantitative estimate of drug-likeness (QED) is 0.691. The average Bonchev–Trinajstić information content (AvgIpc) is 2.03. The molecule has 0 amide bonds. The summed E-state index contributed by atoms with van der Waals surface area (Å²) in [7, 11) is 0. The molecule has 0 aromatic rings. The second-order valence-corrected chi connectivity index (χ2v) is 4.33. The van der Waals surface area contributed by atoms with Gasteiger partial charge >= 0.3 is 5.97 Å². The van der Waals surface area contributed by atoms with E-state index in [1.165, 1.54) is 6.42 Å². The SMILES string of the molecule is CC[C@H](C)C[C@@H](C)C[C@H](C)C(=O)O. The molecule has 0 spiro atoms. The van der Waals surface area contributed by atoms with E-state index in [9.17, 15) is 4.79 Å². The molecule has 0 fully saturated rings. The minimum atomic E-state index is -0.670. The fourth-order valence-corrected chi connectivity index (χ4v) is 1.65. The molecule has 0 aliphatic heterocycles. The third kappa shape index (κ3) is 5.67. The third-order valence-electron chi connectivity index (χ3n) is 2.68. The van der Waals surface area contributed by atoms with Crippen molar-refractivity contribution < 1.29 is 9.90 Å². The van der Waals surface area contributed by atoms with Gasteiger partial charge in [0.1, 0.15) is 0 Å². The van der Waals surface area contributed by atoms with Crippen LogP contribution < -0.4 is 0 Å². The maximum atomic E-state index is 10.6. The Morgan fingerprint density at radius 3 is 2.08 bits per heavy atom. The fourth-order valence-electron chi connectivity index (χ4n) is 1.65. The first-order valence-corrected chi connectivity index (χ1v) is 5.20. The zero-order valence-corrected chi connectivity index (χ0v) is 9.21. The summed E-state index contributed by atoms with van der Waals surface area (Å²) in [5.41, 5.74) is 0. The summed E-state index contributed by atoms with van der Waals surface area (Å²) in [6.45, 7) is 8.33. The van der Waals surface area contributed by atoms with E-state index in [1.54, 1.807) is 6.92 Å². The van der Waals surface area contributed by atoms with Gasteiger partial charge in [-0.3, -0.25) is 4.79 Å².